The van der Waals surface area contributed by atoms with Gasteiger partial charge in [-0.3, -0.25) is 0 Å². The van der Waals surface area contributed by atoms with Crippen LogP contribution in [0.5, 0.6) is 0 Å². The van der Waals surface area contributed by atoms with Crippen LogP contribution in [0.4, 0.5) is 0 Å². The second kappa shape index (κ2) is 5.72. The molecule has 1 aliphatic heterocycles. The summed E-state index contributed by atoms with van der Waals surface area (Å²) in [5.41, 5.74) is 0. The van der Waals surface area contributed by atoms with E-state index >= 15 is 0 Å². The molecule has 5 N–H and O–H groups in total. The lowest BCUT2D eigenvalue weighted by atomic mass is 9.88. The average molecular weight is 198 g/mol. The van der Waals surface area contributed by atoms with Crippen molar-refractivity contribution in [3.8, 4) is 0 Å². The van der Waals surface area contributed by atoms with Gasteiger partial charge in [-0.25, -0.2) is 0 Å². The Kier molecular flexibility index (Phi) is 5.78. The van der Waals surface area contributed by atoms with Crippen LogP contribution in [0.3, 0.4) is 0 Å². The number of rotatable bonds is 2. The van der Waals surface area contributed by atoms with Crippen molar-refractivity contribution in [1.29, 1.82) is 0 Å². The SMILES string of the molecule is OC[C@@H]1C[NH2+]C[C@H](CO)C1O.[Cl-]. The molecule has 0 bridgehead atoms. The summed E-state index contributed by atoms with van der Waals surface area (Å²) in [5.74, 6) is -0.137. The molecule has 0 saturated carbocycles. The van der Waals surface area contributed by atoms with Gasteiger partial charge in [-0.05, 0) is 0 Å². The highest BCUT2D eigenvalue weighted by Crippen LogP contribution is 2.12. The number of hydrogen-bond acceptors (Lipinski definition) is 3. The summed E-state index contributed by atoms with van der Waals surface area (Å²) in [6.07, 6.45) is -0.532. The number of aliphatic hydroxyl groups excluding tert-OH is 3. The average Bonchev–Trinajstić information content (AvgIpc) is 2.05. The molecule has 1 saturated heterocycles. The van der Waals surface area contributed by atoms with Gasteiger partial charge in [0.15, 0.2) is 0 Å². The zero-order valence-corrected chi connectivity index (χ0v) is 7.61. The number of nitrogens with two attached hydrogens (primary N) is 1. The van der Waals surface area contributed by atoms with Gasteiger partial charge in [0, 0.05) is 0 Å². The summed E-state index contributed by atoms with van der Waals surface area (Å²) in [6.45, 7) is 1.53. The van der Waals surface area contributed by atoms with E-state index in [0.29, 0.717) is 0 Å². The van der Waals surface area contributed by atoms with Gasteiger partial charge in [-0.15, -0.1) is 0 Å². The molecule has 5 heteroatoms. The van der Waals surface area contributed by atoms with E-state index in [1.54, 1.807) is 0 Å². The van der Waals surface area contributed by atoms with Crippen molar-refractivity contribution in [2.75, 3.05) is 26.3 Å². The van der Waals surface area contributed by atoms with E-state index in [0.717, 1.165) is 13.1 Å². The van der Waals surface area contributed by atoms with Crippen LogP contribution in [0.15, 0.2) is 0 Å². The first-order valence-corrected chi connectivity index (χ1v) is 4.01. The minimum atomic E-state index is -0.532. The molecular formula is C7H16ClNO3. The molecule has 0 radical (unpaired) electrons. The van der Waals surface area contributed by atoms with Gasteiger partial charge in [0.1, 0.15) is 0 Å². The molecule has 0 aliphatic carbocycles. The van der Waals surface area contributed by atoms with E-state index in [2.05, 4.69) is 0 Å². The molecule has 1 unspecified atom stereocenters. The summed E-state index contributed by atoms with van der Waals surface area (Å²) in [5, 5.41) is 29.1. The molecule has 0 aromatic rings. The molecule has 4 nitrogen and oxygen atoms in total. The third kappa shape index (κ3) is 2.57. The molecule has 1 aliphatic rings. The smallest absolute Gasteiger partial charge is 0.0831 e. The lowest BCUT2D eigenvalue weighted by Gasteiger charge is -2.30. The Morgan fingerprint density at radius 1 is 1.08 bits per heavy atom. The highest BCUT2D eigenvalue weighted by Gasteiger charge is 2.33. The van der Waals surface area contributed by atoms with Crippen LogP contribution in [0.1, 0.15) is 0 Å². The van der Waals surface area contributed by atoms with E-state index in [4.69, 9.17) is 10.2 Å². The van der Waals surface area contributed by atoms with E-state index in [-0.39, 0.29) is 37.5 Å². The summed E-state index contributed by atoms with van der Waals surface area (Å²) in [6, 6.07) is 0. The van der Waals surface area contributed by atoms with Gasteiger partial charge in [0.05, 0.1) is 44.2 Å². The highest BCUT2D eigenvalue weighted by molar-refractivity contribution is 4.77. The van der Waals surface area contributed by atoms with Gasteiger partial charge in [-0.2, -0.15) is 0 Å². The van der Waals surface area contributed by atoms with Gasteiger partial charge < -0.3 is 33.0 Å². The molecular weight excluding hydrogens is 182 g/mol. The Morgan fingerprint density at radius 3 is 1.83 bits per heavy atom. The normalized spacial score (nSPS) is 35.8. The maximum Gasteiger partial charge on any atom is 0.0831 e. The van der Waals surface area contributed by atoms with Crippen LogP contribution in [0.25, 0.3) is 0 Å². The molecule has 74 valence electrons. The largest absolute Gasteiger partial charge is 1.00 e. The van der Waals surface area contributed by atoms with Crippen LogP contribution >= 0.6 is 0 Å². The Bertz CT molecular complexity index is 113. The Labute approximate surface area is 78.0 Å². The summed E-state index contributed by atoms with van der Waals surface area (Å²) >= 11 is 0. The lowest BCUT2D eigenvalue weighted by molar-refractivity contribution is -0.680. The van der Waals surface area contributed by atoms with E-state index in [1.165, 1.54) is 0 Å². The first-order chi connectivity index (χ1) is 5.29. The topological polar surface area (TPSA) is 77.3 Å². The fourth-order valence-electron chi connectivity index (χ4n) is 1.55. The molecule has 0 aromatic heterocycles. The van der Waals surface area contributed by atoms with Crippen LogP contribution < -0.4 is 17.7 Å². The van der Waals surface area contributed by atoms with Crippen molar-refractivity contribution in [1.82, 2.24) is 0 Å². The number of hydrogen-bond donors (Lipinski definition) is 4. The van der Waals surface area contributed by atoms with Crippen molar-refractivity contribution >= 4 is 0 Å². The Balaban J connectivity index is 0.00000121. The van der Waals surface area contributed by atoms with Crippen molar-refractivity contribution < 1.29 is 33.0 Å². The number of halogens is 1. The van der Waals surface area contributed by atoms with E-state index in [1.807, 2.05) is 5.32 Å². The first-order valence-electron chi connectivity index (χ1n) is 4.01. The zero-order valence-electron chi connectivity index (χ0n) is 6.86. The molecule has 0 spiro atoms. The van der Waals surface area contributed by atoms with Crippen molar-refractivity contribution in [3.05, 3.63) is 0 Å². The van der Waals surface area contributed by atoms with Crippen LogP contribution in [0, 0.1) is 11.8 Å². The molecule has 0 aromatic carbocycles. The number of piperidine rings is 1. The van der Waals surface area contributed by atoms with Crippen LogP contribution in [0.2, 0.25) is 0 Å². The predicted molar refractivity (Wildman–Crippen MR) is 38.8 cm³/mol. The fourth-order valence-corrected chi connectivity index (χ4v) is 1.55. The third-order valence-corrected chi connectivity index (χ3v) is 2.37. The summed E-state index contributed by atoms with van der Waals surface area (Å²) in [7, 11) is 0. The van der Waals surface area contributed by atoms with Gasteiger partial charge in [0.25, 0.3) is 0 Å². The maximum atomic E-state index is 9.49. The van der Waals surface area contributed by atoms with E-state index in [9.17, 15) is 5.11 Å². The second-order valence-corrected chi connectivity index (χ2v) is 3.14. The summed E-state index contributed by atoms with van der Waals surface area (Å²) < 4.78 is 0. The van der Waals surface area contributed by atoms with Crippen molar-refractivity contribution in [3.63, 3.8) is 0 Å². The maximum absolute atomic E-state index is 9.49. The third-order valence-electron chi connectivity index (χ3n) is 2.37. The minimum absolute atomic E-state index is 0. The fraction of sp³-hybridized carbons (Fsp3) is 1.00. The quantitative estimate of drug-likeness (QED) is 0.356. The molecule has 1 fully saturated rings. The summed E-state index contributed by atoms with van der Waals surface area (Å²) in [4.78, 5) is 0. The Hall–Kier alpha value is 0.130. The van der Waals surface area contributed by atoms with Gasteiger partial charge >= 0.3 is 0 Å². The van der Waals surface area contributed by atoms with Crippen LogP contribution in [-0.4, -0.2) is 47.7 Å². The molecule has 0 amide bonds. The van der Waals surface area contributed by atoms with Crippen molar-refractivity contribution in [2.45, 2.75) is 6.10 Å². The molecule has 1 heterocycles. The lowest BCUT2D eigenvalue weighted by Crippen LogP contribution is -3.00. The van der Waals surface area contributed by atoms with Crippen molar-refractivity contribution in [2.24, 2.45) is 11.8 Å². The molecule has 12 heavy (non-hydrogen) atoms. The predicted octanol–water partition coefficient (Wildman–Crippen LogP) is -5.85. The highest BCUT2D eigenvalue weighted by atomic mass is 35.5. The molecule has 1 rings (SSSR count). The van der Waals surface area contributed by atoms with Gasteiger partial charge in [-0.1, -0.05) is 0 Å². The molecule has 3 atom stereocenters. The monoisotopic (exact) mass is 197 g/mol. The standard InChI is InChI=1S/C7H15NO3.ClH/c9-3-5-1-8-2-6(4-10)7(5)11;/h5-11H,1-4H2;1H/t5-,6+,7?;. The second-order valence-electron chi connectivity index (χ2n) is 3.14. The van der Waals surface area contributed by atoms with Crippen LogP contribution in [-0.2, 0) is 0 Å². The number of quaternary nitrogens is 1. The zero-order chi connectivity index (χ0) is 8.27. The minimum Gasteiger partial charge on any atom is -1.00 e. The number of aliphatic hydroxyl groups is 3. The first kappa shape index (κ1) is 12.1. The Morgan fingerprint density at radius 2 is 1.50 bits per heavy atom. The van der Waals surface area contributed by atoms with Gasteiger partial charge in [0.2, 0.25) is 0 Å². The van der Waals surface area contributed by atoms with E-state index < -0.39 is 6.10 Å².